The molecule has 3 heterocycles. The lowest BCUT2D eigenvalue weighted by Crippen LogP contribution is -2.65. The minimum atomic E-state index is -4.83. The van der Waals surface area contributed by atoms with Crippen LogP contribution >= 0.6 is 11.6 Å². The second-order valence-electron chi connectivity index (χ2n) is 10.4. The number of hydrogen-bond acceptors (Lipinski definition) is 11. The quantitative estimate of drug-likeness (QED) is 0.387. The van der Waals surface area contributed by atoms with E-state index in [0.29, 0.717) is 4.90 Å². The highest BCUT2D eigenvalue weighted by atomic mass is 35.5. The van der Waals surface area contributed by atoms with Crippen LogP contribution in [0.1, 0.15) is 32.2 Å². The van der Waals surface area contributed by atoms with E-state index in [4.69, 9.17) is 27.8 Å². The summed E-state index contributed by atoms with van der Waals surface area (Å²) in [5.41, 5.74) is 9.89. The summed E-state index contributed by atoms with van der Waals surface area (Å²) in [6.07, 6.45) is -5.95. The summed E-state index contributed by atoms with van der Waals surface area (Å²) in [5, 5.41) is 13.6. The standard InChI is InChI=1S/C25H28ClF3N10O3/c1-24(2,3)42-23(41)38-10-9-37(12-16(38)25(27,28)29)39-17(34-15-6-4-5-14(26)18(15)21(39)40)7-8-33-20-13(11-30)19(31)35-22(32)36-20/h4-6,16H,7-10,12H2,1-3H3,(H5,31,32,33,35,36). The maximum atomic E-state index is 14.2. The van der Waals surface area contributed by atoms with Gasteiger partial charge in [-0.2, -0.15) is 28.4 Å². The number of rotatable bonds is 5. The molecule has 224 valence electrons. The number of halogens is 4. The van der Waals surface area contributed by atoms with Gasteiger partial charge in [0.25, 0.3) is 5.56 Å². The van der Waals surface area contributed by atoms with Crippen LogP contribution in [0.15, 0.2) is 23.0 Å². The van der Waals surface area contributed by atoms with Crippen molar-refractivity contribution in [3.8, 4) is 6.07 Å². The normalized spacial score (nSPS) is 15.9. The number of nitrogens with zero attached hydrogens (tertiary/aromatic N) is 7. The van der Waals surface area contributed by atoms with Crippen LogP contribution in [0.4, 0.5) is 35.5 Å². The molecule has 0 saturated carbocycles. The number of nitrogens with two attached hydrogens (primary N) is 2. The van der Waals surface area contributed by atoms with Crippen molar-refractivity contribution >= 4 is 46.2 Å². The van der Waals surface area contributed by atoms with Crippen molar-refractivity contribution in [1.82, 2.24) is 24.5 Å². The number of hydrogen-bond donors (Lipinski definition) is 3. The van der Waals surface area contributed by atoms with Crippen LogP contribution in [-0.4, -0.2) is 74.6 Å². The Kier molecular flexibility index (Phi) is 8.26. The Morgan fingerprint density at radius 1 is 1.21 bits per heavy atom. The molecule has 0 aliphatic carbocycles. The highest BCUT2D eigenvalue weighted by Gasteiger charge is 2.50. The largest absolute Gasteiger partial charge is 0.444 e. The van der Waals surface area contributed by atoms with Crippen LogP contribution in [0.5, 0.6) is 0 Å². The lowest BCUT2D eigenvalue weighted by molar-refractivity contribution is -0.182. The van der Waals surface area contributed by atoms with Gasteiger partial charge in [0.2, 0.25) is 5.95 Å². The number of piperazine rings is 1. The molecule has 0 spiro atoms. The third kappa shape index (κ3) is 6.35. The van der Waals surface area contributed by atoms with Crippen LogP contribution in [0.3, 0.4) is 0 Å². The maximum Gasteiger partial charge on any atom is 0.410 e. The number of aromatic nitrogens is 4. The number of carbonyl (C=O) groups excluding carboxylic acids is 1. The summed E-state index contributed by atoms with van der Waals surface area (Å²) < 4.78 is 49.0. The molecule has 1 unspecified atom stereocenters. The highest BCUT2D eigenvalue weighted by molar-refractivity contribution is 6.35. The third-order valence-electron chi connectivity index (χ3n) is 6.25. The van der Waals surface area contributed by atoms with Gasteiger partial charge >= 0.3 is 12.3 Å². The van der Waals surface area contributed by atoms with Crippen LogP contribution < -0.4 is 27.4 Å². The summed E-state index contributed by atoms with van der Waals surface area (Å²) in [6, 6.07) is 4.23. The zero-order chi connectivity index (χ0) is 31.0. The summed E-state index contributed by atoms with van der Waals surface area (Å²) in [4.78, 5) is 39.3. The van der Waals surface area contributed by atoms with E-state index in [2.05, 4.69) is 20.3 Å². The van der Waals surface area contributed by atoms with Crippen molar-refractivity contribution in [2.75, 3.05) is 48.0 Å². The first-order valence-corrected chi connectivity index (χ1v) is 13.1. The first kappa shape index (κ1) is 30.4. The Hall–Kier alpha value is -4.52. The molecule has 1 aliphatic rings. The molecular formula is C25H28ClF3N10O3. The summed E-state index contributed by atoms with van der Waals surface area (Å²) >= 11 is 6.30. The van der Waals surface area contributed by atoms with Gasteiger partial charge in [0.05, 0.1) is 29.0 Å². The molecule has 5 N–H and O–H groups in total. The van der Waals surface area contributed by atoms with Crippen LogP contribution in [0.25, 0.3) is 10.9 Å². The predicted octanol–water partition coefficient (Wildman–Crippen LogP) is 2.65. The van der Waals surface area contributed by atoms with E-state index in [1.54, 1.807) is 32.9 Å². The molecule has 1 fully saturated rings. The topological polar surface area (TPSA) is 181 Å². The van der Waals surface area contributed by atoms with Gasteiger partial charge in [0.15, 0.2) is 5.82 Å². The van der Waals surface area contributed by atoms with Crippen molar-refractivity contribution in [2.45, 2.75) is 45.0 Å². The highest BCUT2D eigenvalue weighted by Crippen LogP contribution is 2.29. The lowest BCUT2D eigenvalue weighted by atomic mass is 10.1. The monoisotopic (exact) mass is 608 g/mol. The number of amides is 1. The second-order valence-corrected chi connectivity index (χ2v) is 10.8. The average molecular weight is 609 g/mol. The molecule has 13 nitrogen and oxygen atoms in total. The van der Waals surface area contributed by atoms with E-state index in [0.717, 1.165) is 4.68 Å². The SMILES string of the molecule is CC(C)(C)OC(=O)N1CCN(n2c(CCNc3nc(N)nc(N)c3C#N)nc3cccc(Cl)c3c2=O)CC1C(F)(F)F. The zero-order valence-corrected chi connectivity index (χ0v) is 23.6. The molecule has 17 heteroatoms. The molecule has 1 aliphatic heterocycles. The fourth-order valence-electron chi connectivity index (χ4n) is 4.48. The summed E-state index contributed by atoms with van der Waals surface area (Å²) in [6.45, 7) is 3.41. The number of nitrogens with one attached hydrogen (secondary N) is 1. The number of ether oxygens (including phenoxy) is 1. The molecule has 1 aromatic carbocycles. The van der Waals surface area contributed by atoms with E-state index in [-0.39, 0.29) is 71.0 Å². The number of alkyl halides is 3. The number of nitriles is 1. The summed E-state index contributed by atoms with van der Waals surface area (Å²) in [7, 11) is 0. The minimum Gasteiger partial charge on any atom is -0.444 e. The van der Waals surface area contributed by atoms with Gasteiger partial charge in [-0.25, -0.2) is 14.5 Å². The van der Waals surface area contributed by atoms with Crippen molar-refractivity contribution < 1.29 is 22.7 Å². The lowest BCUT2D eigenvalue weighted by Gasteiger charge is -2.43. The fourth-order valence-corrected chi connectivity index (χ4v) is 4.73. The van der Waals surface area contributed by atoms with Gasteiger partial charge in [0, 0.05) is 19.5 Å². The Labute approximate surface area is 242 Å². The van der Waals surface area contributed by atoms with Gasteiger partial charge in [-0.15, -0.1) is 0 Å². The number of anilines is 3. The summed E-state index contributed by atoms with van der Waals surface area (Å²) in [5.74, 6) is -0.167. The second kappa shape index (κ2) is 11.4. The van der Waals surface area contributed by atoms with Crippen LogP contribution in [0.2, 0.25) is 5.02 Å². The van der Waals surface area contributed by atoms with Crippen LogP contribution in [0, 0.1) is 11.3 Å². The Morgan fingerprint density at radius 3 is 2.57 bits per heavy atom. The van der Waals surface area contributed by atoms with Gasteiger partial charge in [-0.05, 0) is 32.9 Å². The molecule has 1 saturated heterocycles. The van der Waals surface area contributed by atoms with E-state index >= 15 is 0 Å². The van der Waals surface area contributed by atoms with Crippen molar-refractivity contribution in [1.29, 1.82) is 5.26 Å². The predicted molar refractivity (Wildman–Crippen MR) is 150 cm³/mol. The van der Waals surface area contributed by atoms with E-state index in [9.17, 15) is 28.0 Å². The first-order valence-electron chi connectivity index (χ1n) is 12.7. The smallest absolute Gasteiger partial charge is 0.410 e. The molecule has 1 atom stereocenters. The van der Waals surface area contributed by atoms with Gasteiger partial charge in [-0.3, -0.25) is 9.69 Å². The minimum absolute atomic E-state index is 0.00462. The number of carbonyl (C=O) groups is 1. The molecule has 0 bridgehead atoms. The Balaban J connectivity index is 1.71. The fraction of sp³-hybridized carbons (Fsp3) is 0.440. The van der Waals surface area contributed by atoms with Crippen molar-refractivity contribution in [3.63, 3.8) is 0 Å². The van der Waals surface area contributed by atoms with Crippen molar-refractivity contribution in [3.05, 3.63) is 45.0 Å². The first-order chi connectivity index (χ1) is 19.6. The number of benzene rings is 1. The van der Waals surface area contributed by atoms with E-state index in [1.165, 1.54) is 11.1 Å². The molecule has 42 heavy (non-hydrogen) atoms. The maximum absolute atomic E-state index is 14.2. The molecular weight excluding hydrogens is 581 g/mol. The molecule has 1 amide bonds. The van der Waals surface area contributed by atoms with Gasteiger partial charge in [-0.1, -0.05) is 17.7 Å². The molecule has 3 aromatic rings. The molecule has 4 rings (SSSR count). The molecule has 2 aromatic heterocycles. The third-order valence-corrected chi connectivity index (χ3v) is 6.56. The van der Waals surface area contributed by atoms with Gasteiger partial charge < -0.3 is 26.5 Å². The zero-order valence-electron chi connectivity index (χ0n) is 22.9. The van der Waals surface area contributed by atoms with Crippen molar-refractivity contribution in [2.24, 2.45) is 0 Å². The van der Waals surface area contributed by atoms with Gasteiger partial charge in [0.1, 0.15) is 34.9 Å². The molecule has 0 radical (unpaired) electrons. The van der Waals surface area contributed by atoms with E-state index < -0.39 is 36.0 Å². The average Bonchev–Trinajstić information content (AvgIpc) is 2.86. The number of fused-ring (bicyclic) bond motifs is 1. The van der Waals surface area contributed by atoms with E-state index in [1.807, 2.05) is 6.07 Å². The number of nitrogen functional groups attached to an aromatic ring is 2. The van der Waals surface area contributed by atoms with Crippen LogP contribution in [-0.2, 0) is 11.2 Å². The Bertz CT molecular complexity index is 1620. The Morgan fingerprint density at radius 2 is 1.93 bits per heavy atom.